The van der Waals surface area contributed by atoms with E-state index >= 15 is 0 Å². The Hall–Kier alpha value is -1.68. The summed E-state index contributed by atoms with van der Waals surface area (Å²) in [6.45, 7) is 2.05. The van der Waals surface area contributed by atoms with Crippen LogP contribution in [0.25, 0.3) is 0 Å². The average Bonchev–Trinajstić information content (AvgIpc) is 2.86. The highest BCUT2D eigenvalue weighted by Gasteiger charge is 2.37. The van der Waals surface area contributed by atoms with Gasteiger partial charge >= 0.3 is 0 Å². The summed E-state index contributed by atoms with van der Waals surface area (Å²) in [5.74, 6) is 0.00873. The van der Waals surface area contributed by atoms with Crippen LogP contribution < -0.4 is 5.32 Å². The molecule has 0 spiro atoms. The SMILES string of the molecule is C[C@H]1N=C(C(=O)NC2C[C@H]3CCC[C@@H](C2)N3C)c2ccccc21. The molecule has 0 saturated carbocycles. The van der Waals surface area contributed by atoms with Crippen LogP contribution in [0.15, 0.2) is 29.3 Å². The van der Waals surface area contributed by atoms with Gasteiger partial charge < -0.3 is 10.2 Å². The molecule has 2 saturated heterocycles. The highest BCUT2D eigenvalue weighted by Crippen LogP contribution is 2.33. The monoisotopic (exact) mass is 311 g/mol. The second kappa shape index (κ2) is 5.75. The number of hydrogen-bond acceptors (Lipinski definition) is 3. The third kappa shape index (κ3) is 2.59. The molecule has 2 fully saturated rings. The summed E-state index contributed by atoms with van der Waals surface area (Å²) >= 11 is 0. The molecule has 0 radical (unpaired) electrons. The third-order valence-corrected chi connectivity index (χ3v) is 5.88. The number of carbonyl (C=O) groups is 1. The van der Waals surface area contributed by atoms with Crippen LogP contribution in [0.2, 0.25) is 0 Å². The molecule has 122 valence electrons. The summed E-state index contributed by atoms with van der Waals surface area (Å²) in [6, 6.07) is 9.73. The smallest absolute Gasteiger partial charge is 0.270 e. The van der Waals surface area contributed by atoms with E-state index in [1.54, 1.807) is 0 Å². The van der Waals surface area contributed by atoms with E-state index in [-0.39, 0.29) is 11.9 Å². The molecule has 3 aliphatic heterocycles. The number of carbonyl (C=O) groups excluding carboxylic acids is 1. The first-order chi connectivity index (χ1) is 11.1. The first kappa shape index (κ1) is 14.9. The number of amides is 1. The molecule has 1 unspecified atom stereocenters. The molecule has 1 aromatic rings. The predicted molar refractivity (Wildman–Crippen MR) is 91.7 cm³/mol. The van der Waals surface area contributed by atoms with Gasteiger partial charge in [-0.1, -0.05) is 30.7 Å². The Morgan fingerprint density at radius 3 is 2.65 bits per heavy atom. The van der Waals surface area contributed by atoms with Gasteiger partial charge in [0, 0.05) is 23.7 Å². The van der Waals surface area contributed by atoms with Crippen LogP contribution in [0.3, 0.4) is 0 Å². The van der Waals surface area contributed by atoms with Gasteiger partial charge in [0.25, 0.3) is 5.91 Å². The zero-order valence-electron chi connectivity index (χ0n) is 14.0. The fourth-order valence-corrected chi connectivity index (χ4v) is 4.58. The first-order valence-corrected chi connectivity index (χ1v) is 8.83. The standard InChI is InChI=1S/C19H25N3O/c1-12-16-8-3-4-9-17(16)18(20-12)19(23)21-13-10-14-6-5-7-15(11-13)22(14)2/h3-4,8-9,12-15H,5-7,10-11H2,1-2H3,(H,21,23)/t12-,13?,14-,15+/m1/s1. The van der Waals surface area contributed by atoms with Crippen molar-refractivity contribution in [1.82, 2.24) is 10.2 Å². The lowest BCUT2D eigenvalue weighted by Crippen LogP contribution is -2.55. The zero-order chi connectivity index (χ0) is 16.0. The van der Waals surface area contributed by atoms with E-state index in [0.717, 1.165) is 24.0 Å². The fraction of sp³-hybridized carbons (Fsp3) is 0.579. The van der Waals surface area contributed by atoms with Gasteiger partial charge in [-0.05, 0) is 45.2 Å². The molecule has 3 aliphatic rings. The Morgan fingerprint density at radius 2 is 1.91 bits per heavy atom. The summed E-state index contributed by atoms with van der Waals surface area (Å²) in [7, 11) is 2.24. The molecule has 1 aromatic carbocycles. The van der Waals surface area contributed by atoms with Crippen molar-refractivity contribution in [2.75, 3.05) is 7.05 Å². The Morgan fingerprint density at radius 1 is 1.22 bits per heavy atom. The number of aliphatic imine (C=N–C) groups is 1. The van der Waals surface area contributed by atoms with Gasteiger partial charge in [0.15, 0.2) is 0 Å². The minimum Gasteiger partial charge on any atom is -0.348 e. The van der Waals surface area contributed by atoms with Gasteiger partial charge in [-0.2, -0.15) is 0 Å². The van der Waals surface area contributed by atoms with Gasteiger partial charge in [-0.15, -0.1) is 0 Å². The van der Waals surface area contributed by atoms with Crippen LogP contribution in [0.1, 0.15) is 56.2 Å². The van der Waals surface area contributed by atoms with Crippen LogP contribution in [0.5, 0.6) is 0 Å². The van der Waals surface area contributed by atoms with Crippen LogP contribution in [0.4, 0.5) is 0 Å². The Bertz CT molecular complexity index is 640. The lowest BCUT2D eigenvalue weighted by Gasteiger charge is -2.47. The van der Waals surface area contributed by atoms with E-state index in [4.69, 9.17) is 0 Å². The number of nitrogens with one attached hydrogen (secondary N) is 1. The maximum Gasteiger partial charge on any atom is 0.270 e. The van der Waals surface area contributed by atoms with Crippen LogP contribution in [0, 0.1) is 0 Å². The Labute approximate surface area is 138 Å². The van der Waals surface area contributed by atoms with Gasteiger partial charge in [0.1, 0.15) is 5.71 Å². The summed E-state index contributed by atoms with van der Waals surface area (Å²) in [5.41, 5.74) is 2.79. The van der Waals surface area contributed by atoms with E-state index in [1.807, 2.05) is 18.2 Å². The van der Waals surface area contributed by atoms with Crippen molar-refractivity contribution in [2.45, 2.75) is 63.2 Å². The van der Waals surface area contributed by atoms with E-state index in [0.29, 0.717) is 23.8 Å². The number of fused-ring (bicyclic) bond motifs is 3. The number of nitrogens with zero attached hydrogens (tertiary/aromatic N) is 2. The van der Waals surface area contributed by atoms with Crippen molar-refractivity contribution in [1.29, 1.82) is 0 Å². The normalized spacial score (nSPS) is 33.0. The number of hydrogen-bond donors (Lipinski definition) is 1. The van der Waals surface area contributed by atoms with E-state index < -0.39 is 0 Å². The van der Waals surface area contributed by atoms with Crippen molar-refractivity contribution in [3.8, 4) is 0 Å². The molecule has 4 rings (SSSR count). The van der Waals surface area contributed by atoms with Gasteiger partial charge in [0.05, 0.1) is 6.04 Å². The molecule has 2 bridgehead atoms. The van der Waals surface area contributed by atoms with Gasteiger partial charge in [0.2, 0.25) is 0 Å². The quantitative estimate of drug-likeness (QED) is 0.912. The zero-order valence-corrected chi connectivity index (χ0v) is 14.0. The molecule has 0 aliphatic carbocycles. The maximum atomic E-state index is 12.8. The summed E-state index contributed by atoms with van der Waals surface area (Å²) < 4.78 is 0. The van der Waals surface area contributed by atoms with Crippen molar-refractivity contribution < 1.29 is 4.79 Å². The molecular weight excluding hydrogens is 286 g/mol. The molecule has 4 nitrogen and oxygen atoms in total. The van der Waals surface area contributed by atoms with E-state index in [1.165, 1.54) is 19.3 Å². The molecule has 4 atom stereocenters. The molecule has 3 heterocycles. The van der Waals surface area contributed by atoms with Crippen molar-refractivity contribution >= 4 is 11.6 Å². The van der Waals surface area contributed by atoms with Crippen LogP contribution >= 0.6 is 0 Å². The largest absolute Gasteiger partial charge is 0.348 e. The highest BCUT2D eigenvalue weighted by molar-refractivity contribution is 6.46. The fourth-order valence-electron chi connectivity index (χ4n) is 4.58. The molecule has 1 N–H and O–H groups in total. The van der Waals surface area contributed by atoms with Gasteiger partial charge in [-0.3, -0.25) is 9.79 Å². The average molecular weight is 311 g/mol. The van der Waals surface area contributed by atoms with Crippen LogP contribution in [-0.2, 0) is 4.79 Å². The predicted octanol–water partition coefficient (Wildman–Crippen LogP) is 2.68. The molecular formula is C19H25N3O. The van der Waals surface area contributed by atoms with Crippen LogP contribution in [-0.4, -0.2) is 41.7 Å². The first-order valence-electron chi connectivity index (χ1n) is 8.83. The lowest BCUT2D eigenvalue weighted by atomic mass is 9.82. The minimum atomic E-state index is 0.00873. The summed E-state index contributed by atoms with van der Waals surface area (Å²) in [5, 5.41) is 3.28. The lowest BCUT2D eigenvalue weighted by molar-refractivity contribution is -0.116. The second-order valence-electron chi connectivity index (χ2n) is 7.29. The van der Waals surface area contributed by atoms with E-state index in [9.17, 15) is 4.79 Å². The second-order valence-corrected chi connectivity index (χ2v) is 7.29. The topological polar surface area (TPSA) is 44.7 Å². The third-order valence-electron chi connectivity index (χ3n) is 5.88. The van der Waals surface area contributed by atoms with Crippen molar-refractivity contribution in [3.05, 3.63) is 35.4 Å². The summed E-state index contributed by atoms with van der Waals surface area (Å²) in [4.78, 5) is 19.9. The number of benzene rings is 1. The molecule has 23 heavy (non-hydrogen) atoms. The molecule has 0 aromatic heterocycles. The molecule has 1 amide bonds. The maximum absolute atomic E-state index is 12.8. The van der Waals surface area contributed by atoms with Gasteiger partial charge in [-0.25, -0.2) is 0 Å². The minimum absolute atomic E-state index is 0.00873. The number of rotatable bonds is 2. The molecule has 4 heteroatoms. The Kier molecular flexibility index (Phi) is 3.72. The van der Waals surface area contributed by atoms with Crippen molar-refractivity contribution in [2.24, 2.45) is 4.99 Å². The summed E-state index contributed by atoms with van der Waals surface area (Å²) in [6.07, 6.45) is 6.00. The van der Waals surface area contributed by atoms with E-state index in [2.05, 4.69) is 35.2 Å². The highest BCUT2D eigenvalue weighted by atomic mass is 16.2. The Balaban J connectivity index is 1.48. The number of piperidine rings is 2. The van der Waals surface area contributed by atoms with Crippen molar-refractivity contribution in [3.63, 3.8) is 0 Å².